The minimum atomic E-state index is -0.300. The van der Waals surface area contributed by atoms with Crippen molar-refractivity contribution in [3.8, 4) is 0 Å². The van der Waals surface area contributed by atoms with Crippen LogP contribution in [0.2, 0.25) is 0 Å². The number of benzene rings is 1. The zero-order valence-corrected chi connectivity index (χ0v) is 13.2. The summed E-state index contributed by atoms with van der Waals surface area (Å²) in [5.74, 6) is 0.548. The molecule has 1 fully saturated rings. The molecule has 0 spiro atoms. The Balaban J connectivity index is 1.51. The molecule has 3 rings (SSSR count). The van der Waals surface area contributed by atoms with Gasteiger partial charge in [-0.05, 0) is 29.8 Å². The summed E-state index contributed by atoms with van der Waals surface area (Å²) in [7, 11) is 0. The molecule has 0 radical (unpaired) electrons. The lowest BCUT2D eigenvalue weighted by atomic mass is 10.2. The summed E-state index contributed by atoms with van der Waals surface area (Å²) in [6, 6.07) is 12.8. The average molecular weight is 325 g/mol. The summed E-state index contributed by atoms with van der Waals surface area (Å²) < 4.78 is 0. The van der Waals surface area contributed by atoms with Crippen molar-refractivity contribution in [1.29, 1.82) is 0 Å². The van der Waals surface area contributed by atoms with Crippen LogP contribution in [0.5, 0.6) is 0 Å². The van der Waals surface area contributed by atoms with Crippen molar-refractivity contribution in [2.45, 2.75) is 6.54 Å². The number of nitrogens with zero attached hydrogens (tertiary/aromatic N) is 2. The van der Waals surface area contributed by atoms with Crippen LogP contribution >= 0.6 is 0 Å². The summed E-state index contributed by atoms with van der Waals surface area (Å²) in [6.45, 7) is 2.26. The highest BCUT2D eigenvalue weighted by Crippen LogP contribution is 2.16. The number of rotatable bonds is 4. The summed E-state index contributed by atoms with van der Waals surface area (Å²) in [5.41, 5.74) is 1.99. The minimum absolute atomic E-state index is 0.0400. The molecule has 1 aliphatic rings. The molecule has 2 heterocycles. The van der Waals surface area contributed by atoms with E-state index in [4.69, 9.17) is 0 Å². The molecule has 0 unspecified atom stereocenters. The van der Waals surface area contributed by atoms with E-state index in [-0.39, 0.29) is 11.9 Å². The van der Waals surface area contributed by atoms with E-state index >= 15 is 0 Å². The van der Waals surface area contributed by atoms with E-state index in [9.17, 15) is 9.59 Å². The van der Waals surface area contributed by atoms with Crippen LogP contribution in [0.15, 0.2) is 48.7 Å². The Hall–Kier alpha value is -3.09. The minimum Gasteiger partial charge on any atom is -0.360 e. The maximum atomic E-state index is 11.8. The van der Waals surface area contributed by atoms with Crippen molar-refractivity contribution in [3.63, 3.8) is 0 Å². The van der Waals surface area contributed by atoms with Gasteiger partial charge in [-0.25, -0.2) is 9.78 Å². The van der Waals surface area contributed by atoms with Crippen LogP contribution in [0, 0.1) is 0 Å². The SMILES string of the molecule is O=C1CN(c2ccc(CNC(=O)Nc3ccccn3)cc2)CCN1. The number of carbonyl (C=O) groups excluding carboxylic acids is 2. The van der Waals surface area contributed by atoms with Crippen molar-refractivity contribution >= 4 is 23.4 Å². The topological polar surface area (TPSA) is 86.4 Å². The van der Waals surface area contributed by atoms with E-state index in [2.05, 4.69) is 20.9 Å². The molecule has 2 aromatic rings. The third-order valence-electron chi connectivity index (χ3n) is 3.70. The summed E-state index contributed by atoms with van der Waals surface area (Å²) in [6.07, 6.45) is 1.62. The largest absolute Gasteiger partial charge is 0.360 e. The Morgan fingerprint density at radius 1 is 1.21 bits per heavy atom. The summed E-state index contributed by atoms with van der Waals surface area (Å²) in [4.78, 5) is 29.3. The molecule has 0 bridgehead atoms. The maximum absolute atomic E-state index is 11.8. The first-order valence-corrected chi connectivity index (χ1v) is 7.77. The summed E-state index contributed by atoms with van der Waals surface area (Å²) >= 11 is 0. The van der Waals surface area contributed by atoms with Gasteiger partial charge in [0.25, 0.3) is 0 Å². The Morgan fingerprint density at radius 3 is 2.75 bits per heavy atom. The molecule has 24 heavy (non-hydrogen) atoms. The van der Waals surface area contributed by atoms with Gasteiger partial charge in [-0.1, -0.05) is 18.2 Å². The van der Waals surface area contributed by atoms with E-state index in [1.807, 2.05) is 35.2 Å². The number of anilines is 2. The fourth-order valence-electron chi connectivity index (χ4n) is 2.46. The standard InChI is InChI=1S/C17H19N5O2/c23-16-12-22(10-9-19-16)14-6-4-13(5-7-14)11-20-17(24)21-15-3-1-2-8-18-15/h1-8H,9-12H2,(H,19,23)(H2,18,20,21,24). The van der Waals surface area contributed by atoms with Crippen LogP contribution in [0.4, 0.5) is 16.3 Å². The van der Waals surface area contributed by atoms with Crippen LogP contribution in [-0.2, 0) is 11.3 Å². The molecule has 0 saturated carbocycles. The lowest BCUT2D eigenvalue weighted by Crippen LogP contribution is -2.47. The van der Waals surface area contributed by atoms with Crippen molar-refractivity contribution < 1.29 is 9.59 Å². The van der Waals surface area contributed by atoms with Crippen molar-refractivity contribution in [3.05, 3.63) is 54.2 Å². The molecule has 0 aliphatic carbocycles. The highest BCUT2D eigenvalue weighted by molar-refractivity contribution is 5.88. The first-order valence-electron chi connectivity index (χ1n) is 7.77. The molecule has 7 heteroatoms. The van der Waals surface area contributed by atoms with Gasteiger partial charge in [0.2, 0.25) is 5.91 Å². The number of aromatic nitrogens is 1. The van der Waals surface area contributed by atoms with E-state index in [1.54, 1.807) is 18.3 Å². The maximum Gasteiger partial charge on any atom is 0.320 e. The average Bonchev–Trinajstić information content (AvgIpc) is 2.61. The van der Waals surface area contributed by atoms with Crippen LogP contribution in [0.3, 0.4) is 0 Å². The molecule has 7 nitrogen and oxygen atoms in total. The van der Waals surface area contributed by atoms with Gasteiger partial charge in [0.1, 0.15) is 5.82 Å². The monoisotopic (exact) mass is 325 g/mol. The van der Waals surface area contributed by atoms with Gasteiger partial charge in [0, 0.05) is 31.5 Å². The Kier molecular flexibility index (Phi) is 4.90. The number of hydrogen-bond donors (Lipinski definition) is 3. The number of amides is 3. The molecular formula is C17H19N5O2. The second-order valence-electron chi connectivity index (χ2n) is 5.46. The van der Waals surface area contributed by atoms with Gasteiger partial charge in [0.05, 0.1) is 6.54 Å². The van der Waals surface area contributed by atoms with Crippen LogP contribution in [0.1, 0.15) is 5.56 Å². The molecule has 1 saturated heterocycles. The van der Waals surface area contributed by atoms with Crippen LogP contribution in [0.25, 0.3) is 0 Å². The predicted molar refractivity (Wildman–Crippen MR) is 91.8 cm³/mol. The normalized spacial score (nSPS) is 14.0. The van der Waals surface area contributed by atoms with Crippen molar-refractivity contribution in [2.24, 2.45) is 0 Å². The Labute approximate surface area is 140 Å². The lowest BCUT2D eigenvalue weighted by Gasteiger charge is -2.28. The van der Waals surface area contributed by atoms with Crippen molar-refractivity contribution in [1.82, 2.24) is 15.6 Å². The Bertz CT molecular complexity index is 703. The molecule has 124 valence electrons. The smallest absolute Gasteiger partial charge is 0.320 e. The second kappa shape index (κ2) is 7.45. The summed E-state index contributed by atoms with van der Waals surface area (Å²) in [5, 5.41) is 8.26. The number of piperazine rings is 1. The molecule has 1 aromatic carbocycles. The van der Waals surface area contributed by atoms with Crippen LogP contribution in [-0.4, -0.2) is 36.6 Å². The zero-order chi connectivity index (χ0) is 16.8. The van der Waals surface area contributed by atoms with Gasteiger partial charge in [-0.15, -0.1) is 0 Å². The Morgan fingerprint density at radius 2 is 2.04 bits per heavy atom. The van der Waals surface area contributed by atoms with E-state index < -0.39 is 0 Å². The highest BCUT2D eigenvalue weighted by atomic mass is 16.2. The first kappa shape index (κ1) is 15.8. The third-order valence-corrected chi connectivity index (χ3v) is 3.70. The molecule has 3 amide bonds. The van der Waals surface area contributed by atoms with Crippen molar-refractivity contribution in [2.75, 3.05) is 29.9 Å². The van der Waals surface area contributed by atoms with Gasteiger partial charge in [-0.3, -0.25) is 10.1 Å². The number of nitrogens with one attached hydrogen (secondary N) is 3. The molecular weight excluding hydrogens is 306 g/mol. The molecule has 0 atom stereocenters. The quantitative estimate of drug-likeness (QED) is 0.792. The van der Waals surface area contributed by atoms with Gasteiger partial charge in [-0.2, -0.15) is 0 Å². The van der Waals surface area contributed by atoms with E-state index in [1.165, 1.54) is 0 Å². The zero-order valence-electron chi connectivity index (χ0n) is 13.2. The number of carbonyl (C=O) groups is 2. The number of pyridine rings is 1. The second-order valence-corrected chi connectivity index (χ2v) is 5.46. The van der Waals surface area contributed by atoms with Gasteiger partial charge >= 0.3 is 6.03 Å². The molecule has 3 N–H and O–H groups in total. The van der Waals surface area contributed by atoms with E-state index in [0.29, 0.717) is 25.5 Å². The third kappa shape index (κ3) is 4.22. The molecule has 1 aliphatic heterocycles. The number of hydrogen-bond acceptors (Lipinski definition) is 4. The van der Waals surface area contributed by atoms with Crippen LogP contribution < -0.4 is 20.9 Å². The van der Waals surface area contributed by atoms with E-state index in [0.717, 1.165) is 17.8 Å². The highest BCUT2D eigenvalue weighted by Gasteiger charge is 2.16. The fraction of sp³-hybridized carbons (Fsp3) is 0.235. The van der Waals surface area contributed by atoms with Gasteiger partial charge < -0.3 is 15.5 Å². The first-order chi connectivity index (χ1) is 11.7. The fourth-order valence-corrected chi connectivity index (χ4v) is 2.46. The number of urea groups is 1. The predicted octanol–water partition coefficient (Wildman–Crippen LogP) is 1.34. The molecule has 1 aromatic heterocycles. The lowest BCUT2D eigenvalue weighted by molar-refractivity contribution is -0.120. The van der Waals surface area contributed by atoms with Gasteiger partial charge in [0.15, 0.2) is 0 Å².